The minimum atomic E-state index is 0.690. The maximum Gasteiger partial charge on any atom is 0.126 e. The molecular weight excluding hydrogens is 224 g/mol. The average Bonchev–Trinajstić information content (AvgIpc) is 2.84. The molecule has 4 heteroatoms. The molecule has 1 aliphatic rings. The van der Waals surface area contributed by atoms with E-state index in [0.717, 1.165) is 23.8 Å². The monoisotopic (exact) mass is 240 g/mol. The fourth-order valence-electron chi connectivity index (χ4n) is 2.30. The summed E-state index contributed by atoms with van der Waals surface area (Å²) in [7, 11) is 0. The number of rotatable bonds is 3. The second-order valence-corrected chi connectivity index (χ2v) is 4.60. The largest absolute Gasteiger partial charge is 0.364 e. The van der Waals surface area contributed by atoms with E-state index in [1.165, 1.54) is 24.1 Å². The minimum Gasteiger partial charge on any atom is -0.364 e. The van der Waals surface area contributed by atoms with E-state index in [4.69, 9.17) is 0 Å². The van der Waals surface area contributed by atoms with Crippen LogP contribution in [0.3, 0.4) is 0 Å². The van der Waals surface area contributed by atoms with Crippen molar-refractivity contribution in [2.45, 2.75) is 32.7 Å². The zero-order valence-electron chi connectivity index (χ0n) is 10.5. The number of anilines is 1. The third kappa shape index (κ3) is 2.32. The highest BCUT2D eigenvalue weighted by molar-refractivity contribution is 5.40. The maximum absolute atomic E-state index is 4.64. The van der Waals surface area contributed by atoms with Crippen LogP contribution >= 0.6 is 0 Å². The summed E-state index contributed by atoms with van der Waals surface area (Å²) >= 11 is 0. The summed E-state index contributed by atoms with van der Waals surface area (Å²) in [5, 5.41) is 3.32. The van der Waals surface area contributed by atoms with Gasteiger partial charge in [0, 0.05) is 11.9 Å². The van der Waals surface area contributed by atoms with Crippen molar-refractivity contribution >= 4 is 5.82 Å². The molecule has 0 spiro atoms. The number of aryl methyl sites for hydroxylation is 3. The van der Waals surface area contributed by atoms with E-state index >= 15 is 0 Å². The van der Waals surface area contributed by atoms with Gasteiger partial charge in [0.25, 0.3) is 0 Å². The van der Waals surface area contributed by atoms with Gasteiger partial charge in [-0.1, -0.05) is 6.07 Å². The Morgan fingerprint density at radius 3 is 3.00 bits per heavy atom. The van der Waals surface area contributed by atoms with Crippen molar-refractivity contribution in [1.82, 2.24) is 15.0 Å². The summed E-state index contributed by atoms with van der Waals surface area (Å²) in [6, 6.07) is 6.16. The molecule has 0 amide bonds. The third-order valence-corrected chi connectivity index (χ3v) is 3.21. The lowest BCUT2D eigenvalue weighted by Crippen LogP contribution is -2.05. The Hall–Kier alpha value is -1.97. The Balaban J connectivity index is 1.70. The van der Waals surface area contributed by atoms with Gasteiger partial charge in [-0.05, 0) is 43.9 Å². The van der Waals surface area contributed by atoms with Crippen LogP contribution < -0.4 is 5.32 Å². The Morgan fingerprint density at radius 2 is 2.11 bits per heavy atom. The molecule has 0 radical (unpaired) electrons. The molecule has 0 aliphatic heterocycles. The van der Waals surface area contributed by atoms with Crippen molar-refractivity contribution in [3.05, 3.63) is 47.2 Å². The van der Waals surface area contributed by atoms with E-state index in [2.05, 4.69) is 32.4 Å². The van der Waals surface area contributed by atoms with Crippen molar-refractivity contribution in [1.29, 1.82) is 0 Å². The van der Waals surface area contributed by atoms with Crippen molar-refractivity contribution < 1.29 is 0 Å². The van der Waals surface area contributed by atoms with Crippen molar-refractivity contribution in [2.24, 2.45) is 0 Å². The Bertz CT molecular complexity index is 565. The summed E-state index contributed by atoms with van der Waals surface area (Å²) in [5.74, 6) is 1.74. The van der Waals surface area contributed by atoms with Gasteiger partial charge in [-0.15, -0.1) is 0 Å². The molecular formula is C14H16N4. The molecule has 18 heavy (non-hydrogen) atoms. The average molecular weight is 240 g/mol. The molecule has 0 unspecified atom stereocenters. The van der Waals surface area contributed by atoms with Crippen molar-refractivity contribution in [3.8, 4) is 0 Å². The summed E-state index contributed by atoms with van der Waals surface area (Å²) < 4.78 is 0. The van der Waals surface area contributed by atoms with E-state index < -0.39 is 0 Å². The maximum atomic E-state index is 4.64. The summed E-state index contributed by atoms with van der Waals surface area (Å²) in [6.07, 6.45) is 5.30. The molecule has 0 bridgehead atoms. The van der Waals surface area contributed by atoms with Crippen LogP contribution in [0.5, 0.6) is 0 Å². The van der Waals surface area contributed by atoms with Gasteiger partial charge < -0.3 is 5.32 Å². The fraction of sp³-hybridized carbons (Fsp3) is 0.357. The van der Waals surface area contributed by atoms with E-state index in [9.17, 15) is 0 Å². The van der Waals surface area contributed by atoms with Crippen molar-refractivity contribution in [3.63, 3.8) is 0 Å². The van der Waals surface area contributed by atoms with Crippen LogP contribution in [0.1, 0.15) is 29.2 Å². The lowest BCUT2D eigenvalue weighted by molar-refractivity contribution is 0.897. The lowest BCUT2D eigenvalue weighted by atomic mass is 10.2. The van der Waals surface area contributed by atoms with Gasteiger partial charge in [0.2, 0.25) is 0 Å². The highest BCUT2D eigenvalue weighted by atomic mass is 15.0. The minimum absolute atomic E-state index is 0.690. The van der Waals surface area contributed by atoms with E-state index in [-0.39, 0.29) is 0 Å². The summed E-state index contributed by atoms with van der Waals surface area (Å²) in [6.45, 7) is 2.59. The lowest BCUT2D eigenvalue weighted by Gasteiger charge is -2.07. The first-order chi connectivity index (χ1) is 8.81. The van der Waals surface area contributed by atoms with Crippen LogP contribution in [-0.2, 0) is 19.4 Å². The Morgan fingerprint density at radius 1 is 1.17 bits per heavy atom. The third-order valence-electron chi connectivity index (χ3n) is 3.21. The van der Waals surface area contributed by atoms with Gasteiger partial charge in [0.05, 0.1) is 12.2 Å². The molecule has 0 saturated heterocycles. The van der Waals surface area contributed by atoms with E-state index in [1.54, 1.807) is 6.20 Å². The number of nitrogens with one attached hydrogen (secondary N) is 1. The number of aromatic nitrogens is 3. The highest BCUT2D eigenvalue weighted by Gasteiger charge is 2.12. The molecule has 3 rings (SSSR count). The SMILES string of the molecule is Cc1nccc(CNc2ccc3c(n2)CCC3)n1. The first-order valence-corrected chi connectivity index (χ1v) is 6.32. The molecule has 0 fully saturated rings. The highest BCUT2D eigenvalue weighted by Crippen LogP contribution is 2.21. The van der Waals surface area contributed by atoms with Gasteiger partial charge >= 0.3 is 0 Å². The first kappa shape index (κ1) is 11.1. The van der Waals surface area contributed by atoms with Gasteiger partial charge in [-0.3, -0.25) is 0 Å². The standard InChI is InChI=1S/C14H16N4/c1-10-15-8-7-12(17-10)9-16-14-6-5-11-3-2-4-13(11)18-14/h5-8H,2-4,9H2,1H3,(H,16,18). The molecule has 2 aromatic heterocycles. The molecule has 92 valence electrons. The molecule has 0 atom stereocenters. The number of nitrogens with zero attached hydrogens (tertiary/aromatic N) is 3. The Labute approximate surface area is 107 Å². The Kier molecular flexibility index (Phi) is 2.92. The molecule has 2 aromatic rings. The summed E-state index contributed by atoms with van der Waals surface area (Å²) in [5.41, 5.74) is 3.64. The molecule has 2 heterocycles. The summed E-state index contributed by atoms with van der Waals surface area (Å²) in [4.78, 5) is 13.1. The zero-order chi connectivity index (χ0) is 12.4. The predicted octanol–water partition coefficient (Wildman–Crippen LogP) is 2.28. The number of pyridine rings is 1. The smallest absolute Gasteiger partial charge is 0.126 e. The van der Waals surface area contributed by atoms with E-state index in [0.29, 0.717) is 6.54 Å². The van der Waals surface area contributed by atoms with E-state index in [1.807, 2.05) is 13.0 Å². The normalized spacial score (nSPS) is 13.4. The van der Waals surface area contributed by atoms with Crippen LogP contribution in [0.2, 0.25) is 0 Å². The zero-order valence-corrected chi connectivity index (χ0v) is 10.5. The van der Waals surface area contributed by atoms with Crippen LogP contribution in [0.25, 0.3) is 0 Å². The molecule has 0 saturated carbocycles. The molecule has 4 nitrogen and oxygen atoms in total. The number of hydrogen-bond donors (Lipinski definition) is 1. The molecule has 1 N–H and O–H groups in total. The number of hydrogen-bond acceptors (Lipinski definition) is 4. The fourth-order valence-corrected chi connectivity index (χ4v) is 2.30. The van der Waals surface area contributed by atoms with Gasteiger partial charge in [0.1, 0.15) is 11.6 Å². The second kappa shape index (κ2) is 4.72. The first-order valence-electron chi connectivity index (χ1n) is 6.32. The molecule has 0 aromatic carbocycles. The second-order valence-electron chi connectivity index (χ2n) is 4.60. The van der Waals surface area contributed by atoms with Crippen LogP contribution in [0, 0.1) is 6.92 Å². The molecule has 1 aliphatic carbocycles. The number of fused-ring (bicyclic) bond motifs is 1. The van der Waals surface area contributed by atoms with Crippen LogP contribution in [0.4, 0.5) is 5.82 Å². The van der Waals surface area contributed by atoms with Crippen molar-refractivity contribution in [2.75, 3.05) is 5.32 Å². The topological polar surface area (TPSA) is 50.7 Å². The van der Waals surface area contributed by atoms with Gasteiger partial charge in [-0.2, -0.15) is 0 Å². The van der Waals surface area contributed by atoms with Gasteiger partial charge in [0.15, 0.2) is 0 Å². The predicted molar refractivity (Wildman–Crippen MR) is 70.4 cm³/mol. The van der Waals surface area contributed by atoms with Gasteiger partial charge in [-0.25, -0.2) is 15.0 Å². The van der Waals surface area contributed by atoms with Crippen LogP contribution in [-0.4, -0.2) is 15.0 Å². The van der Waals surface area contributed by atoms with Crippen LogP contribution in [0.15, 0.2) is 24.4 Å². The quantitative estimate of drug-likeness (QED) is 0.894.